The molecule has 0 bridgehead atoms. The largest absolute Gasteiger partial charge is 0.507 e. The van der Waals surface area contributed by atoms with E-state index < -0.39 is 29.3 Å². The zero-order valence-electron chi connectivity index (χ0n) is 19.3. The number of Topliss-reactive ketones (excluding diaryl/α,β-unsaturated/α-hetero) is 1. The molecule has 1 unspecified atom stereocenters. The molecule has 7 nitrogen and oxygen atoms in total. The summed E-state index contributed by atoms with van der Waals surface area (Å²) in [4.78, 5) is 29.9. The third kappa shape index (κ3) is 4.71. The Bertz CT molecular complexity index is 1060. The highest BCUT2D eigenvalue weighted by Crippen LogP contribution is 2.43. The van der Waals surface area contributed by atoms with Gasteiger partial charge in [0.25, 0.3) is 11.7 Å². The van der Waals surface area contributed by atoms with Crippen LogP contribution in [-0.4, -0.2) is 67.0 Å². The zero-order chi connectivity index (χ0) is 24.1. The summed E-state index contributed by atoms with van der Waals surface area (Å²) in [6.07, 6.45) is 0. The van der Waals surface area contributed by atoms with Crippen LogP contribution in [0.15, 0.2) is 48.0 Å². The van der Waals surface area contributed by atoms with Gasteiger partial charge in [-0.05, 0) is 37.4 Å². The first-order chi connectivity index (χ1) is 15.9. The lowest BCUT2D eigenvalue weighted by molar-refractivity contribution is -0.140. The number of hydrogen-bond acceptors (Lipinski definition) is 6. The summed E-state index contributed by atoms with van der Waals surface area (Å²) in [7, 11) is 2.88. The first kappa shape index (κ1) is 24.3. The van der Waals surface area contributed by atoms with Crippen LogP contribution in [0.2, 0.25) is 0 Å². The Labute approximate surface area is 193 Å². The van der Waals surface area contributed by atoms with Crippen LogP contribution in [-0.2, 0) is 9.59 Å². The minimum absolute atomic E-state index is 0.000795. The minimum Gasteiger partial charge on any atom is -0.507 e. The van der Waals surface area contributed by atoms with Gasteiger partial charge in [-0.25, -0.2) is 4.39 Å². The fourth-order valence-corrected chi connectivity index (χ4v) is 4.13. The predicted octanol–water partition coefficient (Wildman–Crippen LogP) is 3.61. The Kier molecular flexibility index (Phi) is 7.71. The molecule has 0 radical (unpaired) electrons. The molecular weight excluding hydrogens is 427 g/mol. The predicted molar refractivity (Wildman–Crippen MR) is 123 cm³/mol. The summed E-state index contributed by atoms with van der Waals surface area (Å²) in [5.74, 6) is -2.02. The fourth-order valence-electron chi connectivity index (χ4n) is 4.13. The van der Waals surface area contributed by atoms with Crippen molar-refractivity contribution < 1.29 is 28.6 Å². The first-order valence-electron chi connectivity index (χ1n) is 10.8. The van der Waals surface area contributed by atoms with Gasteiger partial charge < -0.3 is 24.4 Å². The van der Waals surface area contributed by atoms with Gasteiger partial charge in [-0.3, -0.25) is 9.59 Å². The Morgan fingerprint density at radius 2 is 1.73 bits per heavy atom. The molecule has 3 rings (SSSR count). The van der Waals surface area contributed by atoms with E-state index in [-0.39, 0.29) is 23.4 Å². The third-order valence-electron chi connectivity index (χ3n) is 5.94. The van der Waals surface area contributed by atoms with Crippen molar-refractivity contribution >= 4 is 17.4 Å². The number of carbonyl (C=O) groups excluding carboxylic acids is 2. The van der Waals surface area contributed by atoms with Crippen molar-refractivity contribution in [1.82, 2.24) is 9.80 Å². The molecule has 1 aliphatic rings. The number of para-hydroxylation sites is 1. The van der Waals surface area contributed by atoms with Crippen LogP contribution in [0.3, 0.4) is 0 Å². The molecule has 176 valence electrons. The van der Waals surface area contributed by atoms with Crippen LogP contribution in [0.25, 0.3) is 5.76 Å². The quantitative estimate of drug-likeness (QED) is 0.353. The maximum absolute atomic E-state index is 14.0. The van der Waals surface area contributed by atoms with E-state index in [4.69, 9.17) is 9.47 Å². The second-order valence-electron chi connectivity index (χ2n) is 7.61. The minimum atomic E-state index is -0.898. The van der Waals surface area contributed by atoms with Gasteiger partial charge in [0.05, 0.1) is 31.4 Å². The van der Waals surface area contributed by atoms with E-state index in [1.54, 1.807) is 24.3 Å². The molecule has 0 saturated carbocycles. The summed E-state index contributed by atoms with van der Waals surface area (Å²) in [6.45, 7) is 6.44. The molecule has 1 aliphatic heterocycles. The standard InChI is InChI=1S/C25H29FN2O5/c1-5-27(6-2)13-14-28-22(17-9-7-8-10-19(17)32-3)21(24(30)25(28)31)23(29)18-15-16(26)11-12-20(18)33-4/h7-12,15,22,29H,5-6,13-14H2,1-4H3/b23-21+. The van der Waals surface area contributed by atoms with E-state index in [0.29, 0.717) is 17.9 Å². The summed E-state index contributed by atoms with van der Waals surface area (Å²) < 4.78 is 24.8. The number of likely N-dealkylation sites (N-methyl/N-ethyl adjacent to an activating group) is 1. The maximum Gasteiger partial charge on any atom is 0.295 e. The van der Waals surface area contributed by atoms with Gasteiger partial charge in [0, 0.05) is 18.7 Å². The zero-order valence-corrected chi connectivity index (χ0v) is 19.3. The Morgan fingerprint density at radius 3 is 2.36 bits per heavy atom. The number of hydrogen-bond donors (Lipinski definition) is 1. The molecule has 2 aromatic carbocycles. The van der Waals surface area contributed by atoms with E-state index in [0.717, 1.165) is 19.2 Å². The summed E-state index contributed by atoms with van der Waals surface area (Å²) in [6, 6.07) is 9.75. The van der Waals surface area contributed by atoms with E-state index in [2.05, 4.69) is 4.90 Å². The molecule has 2 aromatic rings. The van der Waals surface area contributed by atoms with Crippen molar-refractivity contribution in [3.8, 4) is 11.5 Å². The molecule has 0 spiro atoms. The van der Waals surface area contributed by atoms with E-state index in [9.17, 15) is 19.1 Å². The second kappa shape index (κ2) is 10.5. The molecule has 0 aliphatic carbocycles. The number of halogens is 1. The molecule has 8 heteroatoms. The van der Waals surface area contributed by atoms with Gasteiger partial charge >= 0.3 is 0 Å². The van der Waals surface area contributed by atoms with Crippen molar-refractivity contribution in [3.63, 3.8) is 0 Å². The number of ketones is 1. The molecule has 33 heavy (non-hydrogen) atoms. The van der Waals surface area contributed by atoms with Crippen molar-refractivity contribution in [1.29, 1.82) is 0 Å². The summed E-state index contributed by atoms with van der Waals surface area (Å²) >= 11 is 0. The molecule has 1 fully saturated rings. The van der Waals surface area contributed by atoms with E-state index >= 15 is 0 Å². The SMILES string of the molecule is CCN(CC)CCN1C(=O)C(=O)/C(=C(/O)c2cc(F)ccc2OC)C1c1ccccc1OC. The van der Waals surface area contributed by atoms with Gasteiger partial charge in [0.1, 0.15) is 23.1 Å². The van der Waals surface area contributed by atoms with Crippen LogP contribution >= 0.6 is 0 Å². The highest BCUT2D eigenvalue weighted by Gasteiger charge is 2.47. The monoisotopic (exact) mass is 456 g/mol. The highest BCUT2D eigenvalue weighted by molar-refractivity contribution is 6.46. The van der Waals surface area contributed by atoms with Crippen LogP contribution in [0.5, 0.6) is 11.5 Å². The van der Waals surface area contributed by atoms with Gasteiger partial charge in [-0.2, -0.15) is 0 Å². The molecule has 0 aromatic heterocycles. The summed E-state index contributed by atoms with van der Waals surface area (Å²) in [5, 5.41) is 11.2. The maximum atomic E-state index is 14.0. The number of likely N-dealkylation sites (tertiary alicyclic amines) is 1. The molecule has 1 heterocycles. The Balaban J connectivity index is 2.21. The van der Waals surface area contributed by atoms with Crippen molar-refractivity contribution in [2.24, 2.45) is 0 Å². The molecular formula is C25H29FN2O5. The van der Waals surface area contributed by atoms with E-state index in [1.165, 1.54) is 31.3 Å². The lowest BCUT2D eigenvalue weighted by Gasteiger charge is -2.29. The number of aliphatic hydroxyl groups excluding tert-OH is 1. The Morgan fingerprint density at radius 1 is 1.06 bits per heavy atom. The number of nitrogens with zero attached hydrogens (tertiary/aromatic N) is 2. The first-order valence-corrected chi connectivity index (χ1v) is 10.8. The van der Waals surface area contributed by atoms with Crippen LogP contribution in [0.4, 0.5) is 4.39 Å². The fraction of sp³-hybridized carbons (Fsp3) is 0.360. The number of amides is 1. The number of ether oxygens (including phenoxy) is 2. The topological polar surface area (TPSA) is 79.3 Å². The van der Waals surface area contributed by atoms with Crippen molar-refractivity contribution in [3.05, 3.63) is 65.0 Å². The second-order valence-corrected chi connectivity index (χ2v) is 7.61. The van der Waals surface area contributed by atoms with Gasteiger partial charge in [0.15, 0.2) is 0 Å². The number of methoxy groups -OCH3 is 2. The lowest BCUT2D eigenvalue weighted by atomic mass is 9.94. The van der Waals surface area contributed by atoms with Crippen molar-refractivity contribution in [2.45, 2.75) is 19.9 Å². The normalized spacial score (nSPS) is 17.6. The molecule has 1 atom stereocenters. The average molecular weight is 457 g/mol. The lowest BCUT2D eigenvalue weighted by Crippen LogP contribution is -2.38. The van der Waals surface area contributed by atoms with Crippen LogP contribution in [0.1, 0.15) is 31.0 Å². The van der Waals surface area contributed by atoms with Crippen molar-refractivity contribution in [2.75, 3.05) is 40.4 Å². The van der Waals surface area contributed by atoms with Crippen LogP contribution < -0.4 is 9.47 Å². The number of benzene rings is 2. The van der Waals surface area contributed by atoms with Gasteiger partial charge in [0.2, 0.25) is 0 Å². The molecule has 1 saturated heterocycles. The number of aliphatic hydroxyl groups is 1. The Hall–Kier alpha value is -3.39. The smallest absolute Gasteiger partial charge is 0.295 e. The van der Waals surface area contributed by atoms with Gasteiger partial charge in [-0.1, -0.05) is 32.0 Å². The average Bonchev–Trinajstić information content (AvgIpc) is 3.08. The third-order valence-corrected chi connectivity index (χ3v) is 5.94. The molecule has 1 N–H and O–H groups in total. The molecule has 1 amide bonds. The number of rotatable bonds is 9. The highest BCUT2D eigenvalue weighted by atomic mass is 19.1. The van der Waals surface area contributed by atoms with Gasteiger partial charge in [-0.15, -0.1) is 0 Å². The number of carbonyl (C=O) groups is 2. The van der Waals surface area contributed by atoms with Crippen LogP contribution in [0, 0.1) is 5.82 Å². The summed E-state index contributed by atoms with van der Waals surface area (Å²) in [5.41, 5.74) is 0.419. The van der Waals surface area contributed by atoms with E-state index in [1.807, 2.05) is 13.8 Å².